The fraction of sp³-hybridized carbons (Fsp3) is 0.400. The van der Waals surface area contributed by atoms with Crippen molar-refractivity contribution in [2.24, 2.45) is 0 Å². The molecule has 0 amide bonds. The Morgan fingerprint density at radius 2 is 2.13 bits per heavy atom. The summed E-state index contributed by atoms with van der Waals surface area (Å²) >= 11 is 4.59. The van der Waals surface area contributed by atoms with Crippen molar-refractivity contribution in [3.63, 3.8) is 0 Å². The molecule has 1 aromatic rings. The van der Waals surface area contributed by atoms with Crippen molar-refractivity contribution in [2.75, 3.05) is 19.1 Å². The van der Waals surface area contributed by atoms with Crippen LogP contribution in [0.15, 0.2) is 16.6 Å². The van der Waals surface area contributed by atoms with Crippen molar-refractivity contribution in [2.45, 2.75) is 6.04 Å². The second-order valence-corrected chi connectivity index (χ2v) is 4.82. The second-order valence-electron chi connectivity index (χ2n) is 3.05. The van der Waals surface area contributed by atoms with E-state index in [1.165, 1.54) is 12.1 Å². The highest BCUT2D eigenvalue weighted by molar-refractivity contribution is 9.10. The van der Waals surface area contributed by atoms with Gasteiger partial charge in [-0.1, -0.05) is 0 Å². The van der Waals surface area contributed by atoms with E-state index < -0.39 is 11.6 Å². The van der Waals surface area contributed by atoms with Crippen molar-refractivity contribution in [1.29, 1.82) is 0 Å². The fourth-order valence-electron chi connectivity index (χ4n) is 1.34. The number of hydrogen-bond acceptors (Lipinski definition) is 2. The monoisotopic (exact) mass is 295 g/mol. The largest absolute Gasteiger partial charge is 0.312 e. The van der Waals surface area contributed by atoms with E-state index in [-0.39, 0.29) is 11.6 Å². The molecule has 0 fully saturated rings. The van der Waals surface area contributed by atoms with E-state index in [9.17, 15) is 8.78 Å². The standard InChI is InChI=1S/C10H12BrF2NS/c1-14-8(5-15-2)9-7(12)4-3-6(11)10(9)13/h3-4,8,14H,5H2,1-2H3. The molecule has 0 spiro atoms. The molecule has 1 N–H and O–H groups in total. The molecule has 0 radical (unpaired) electrons. The number of halogens is 3. The van der Waals surface area contributed by atoms with Crippen LogP contribution in [0, 0.1) is 11.6 Å². The van der Waals surface area contributed by atoms with E-state index in [1.54, 1.807) is 18.8 Å². The Kier molecular flexibility index (Phi) is 5.02. The highest BCUT2D eigenvalue weighted by atomic mass is 79.9. The zero-order valence-electron chi connectivity index (χ0n) is 8.48. The molecule has 5 heteroatoms. The van der Waals surface area contributed by atoms with Crippen molar-refractivity contribution < 1.29 is 8.78 Å². The quantitative estimate of drug-likeness (QED) is 0.855. The molecule has 1 unspecified atom stereocenters. The maximum atomic E-state index is 13.7. The number of benzene rings is 1. The summed E-state index contributed by atoms with van der Waals surface area (Å²) in [7, 11) is 1.70. The van der Waals surface area contributed by atoms with E-state index in [0.29, 0.717) is 10.2 Å². The Morgan fingerprint density at radius 1 is 1.47 bits per heavy atom. The molecule has 0 aromatic heterocycles. The SMILES string of the molecule is CNC(CSC)c1c(F)ccc(Br)c1F. The molecule has 15 heavy (non-hydrogen) atoms. The van der Waals surface area contributed by atoms with Crippen LogP contribution < -0.4 is 5.32 Å². The molecule has 1 atom stereocenters. The van der Waals surface area contributed by atoms with E-state index in [4.69, 9.17) is 0 Å². The van der Waals surface area contributed by atoms with Gasteiger partial charge in [0.25, 0.3) is 0 Å². The minimum Gasteiger partial charge on any atom is -0.312 e. The summed E-state index contributed by atoms with van der Waals surface area (Å²) in [4.78, 5) is 0. The number of nitrogens with one attached hydrogen (secondary N) is 1. The molecule has 1 nitrogen and oxygen atoms in total. The van der Waals surface area contributed by atoms with Gasteiger partial charge in [-0.3, -0.25) is 0 Å². The summed E-state index contributed by atoms with van der Waals surface area (Å²) in [6, 6.07) is 2.34. The fourth-order valence-corrected chi connectivity index (χ4v) is 2.35. The van der Waals surface area contributed by atoms with Crippen LogP contribution in [-0.4, -0.2) is 19.1 Å². The Morgan fingerprint density at radius 3 is 2.67 bits per heavy atom. The molecule has 0 aliphatic rings. The predicted molar refractivity (Wildman–Crippen MR) is 64.2 cm³/mol. The van der Waals surface area contributed by atoms with Crippen LogP contribution in [0.1, 0.15) is 11.6 Å². The van der Waals surface area contributed by atoms with Crippen molar-refractivity contribution in [3.8, 4) is 0 Å². The molecular formula is C10H12BrF2NS. The lowest BCUT2D eigenvalue weighted by atomic mass is 10.1. The summed E-state index contributed by atoms with van der Waals surface area (Å²) in [6.45, 7) is 0. The summed E-state index contributed by atoms with van der Waals surface area (Å²) in [5, 5.41) is 2.91. The van der Waals surface area contributed by atoms with Gasteiger partial charge in [-0.2, -0.15) is 11.8 Å². The van der Waals surface area contributed by atoms with Crippen LogP contribution in [0.25, 0.3) is 0 Å². The lowest BCUT2D eigenvalue weighted by Crippen LogP contribution is -2.21. The van der Waals surface area contributed by atoms with Crippen LogP contribution >= 0.6 is 27.7 Å². The van der Waals surface area contributed by atoms with E-state index in [1.807, 2.05) is 6.26 Å². The normalized spacial score (nSPS) is 12.9. The van der Waals surface area contributed by atoms with Crippen molar-refractivity contribution >= 4 is 27.7 Å². The molecule has 1 rings (SSSR count). The lowest BCUT2D eigenvalue weighted by molar-refractivity contribution is 0.510. The number of thioether (sulfide) groups is 1. The van der Waals surface area contributed by atoms with Gasteiger partial charge in [-0.25, -0.2) is 8.78 Å². The third kappa shape index (κ3) is 2.92. The van der Waals surface area contributed by atoms with E-state index >= 15 is 0 Å². The van der Waals surface area contributed by atoms with E-state index in [0.717, 1.165) is 0 Å². The molecule has 0 heterocycles. The van der Waals surface area contributed by atoms with Crippen LogP contribution in [0.3, 0.4) is 0 Å². The summed E-state index contributed by atoms with van der Waals surface area (Å²) in [5.41, 5.74) is 0.0984. The summed E-state index contributed by atoms with van der Waals surface area (Å²) in [6.07, 6.45) is 1.90. The van der Waals surface area contributed by atoms with Gasteiger partial charge >= 0.3 is 0 Å². The maximum Gasteiger partial charge on any atom is 0.145 e. The first-order valence-corrected chi connectivity index (χ1v) is 6.60. The first-order valence-electron chi connectivity index (χ1n) is 4.41. The predicted octanol–water partition coefficient (Wildman–Crippen LogP) is 3.35. The van der Waals surface area contributed by atoms with Gasteiger partial charge in [0.15, 0.2) is 0 Å². The van der Waals surface area contributed by atoms with Crippen molar-refractivity contribution in [3.05, 3.63) is 33.8 Å². The summed E-state index contributed by atoms with van der Waals surface area (Å²) < 4.78 is 27.5. The summed E-state index contributed by atoms with van der Waals surface area (Å²) in [5.74, 6) is -0.409. The molecule has 1 aromatic carbocycles. The third-order valence-electron chi connectivity index (χ3n) is 2.11. The minimum absolute atomic E-state index is 0.0984. The topological polar surface area (TPSA) is 12.0 Å². The number of hydrogen-bond donors (Lipinski definition) is 1. The average Bonchev–Trinajstić information content (AvgIpc) is 2.22. The highest BCUT2D eigenvalue weighted by Crippen LogP contribution is 2.28. The van der Waals surface area contributed by atoms with Crippen LogP contribution in [-0.2, 0) is 0 Å². The molecule has 0 saturated carbocycles. The van der Waals surface area contributed by atoms with Gasteiger partial charge in [-0.15, -0.1) is 0 Å². The zero-order valence-corrected chi connectivity index (χ0v) is 10.9. The molecule has 0 aliphatic carbocycles. The molecule has 0 aliphatic heterocycles. The van der Waals surface area contributed by atoms with Gasteiger partial charge in [0.1, 0.15) is 11.6 Å². The first-order chi connectivity index (χ1) is 7.11. The Hall–Kier alpha value is -0.130. The highest BCUT2D eigenvalue weighted by Gasteiger charge is 2.20. The van der Waals surface area contributed by atoms with Gasteiger partial charge in [-0.05, 0) is 41.4 Å². The van der Waals surface area contributed by atoms with Crippen LogP contribution in [0.4, 0.5) is 8.78 Å². The van der Waals surface area contributed by atoms with Gasteiger partial charge in [0, 0.05) is 17.4 Å². The third-order valence-corrected chi connectivity index (χ3v) is 3.39. The molecule has 0 saturated heterocycles. The second kappa shape index (κ2) is 5.82. The van der Waals surface area contributed by atoms with Gasteiger partial charge < -0.3 is 5.32 Å². The molecule has 84 valence electrons. The van der Waals surface area contributed by atoms with Gasteiger partial charge in [0.2, 0.25) is 0 Å². The smallest absolute Gasteiger partial charge is 0.145 e. The van der Waals surface area contributed by atoms with E-state index in [2.05, 4.69) is 21.2 Å². The maximum absolute atomic E-state index is 13.7. The first kappa shape index (κ1) is 12.9. The molecule has 0 bridgehead atoms. The van der Waals surface area contributed by atoms with Crippen molar-refractivity contribution in [1.82, 2.24) is 5.32 Å². The Balaban J connectivity index is 3.15. The number of rotatable bonds is 4. The van der Waals surface area contributed by atoms with Crippen LogP contribution in [0.2, 0.25) is 0 Å². The Labute approximate surface area is 101 Å². The van der Waals surface area contributed by atoms with Crippen LogP contribution in [0.5, 0.6) is 0 Å². The lowest BCUT2D eigenvalue weighted by Gasteiger charge is -2.17. The Bertz CT molecular complexity index is 346. The average molecular weight is 296 g/mol. The molecular weight excluding hydrogens is 284 g/mol. The minimum atomic E-state index is -0.525. The van der Waals surface area contributed by atoms with Gasteiger partial charge in [0.05, 0.1) is 4.47 Å². The zero-order chi connectivity index (χ0) is 11.4.